The fourth-order valence-electron chi connectivity index (χ4n) is 2.81. The molecule has 0 aromatic heterocycles. The van der Waals surface area contributed by atoms with E-state index in [0.717, 1.165) is 25.3 Å². The summed E-state index contributed by atoms with van der Waals surface area (Å²) in [5.41, 5.74) is -0.245. The molecular weight excluding hydrogens is 334 g/mol. The molecule has 2 amide bonds. The van der Waals surface area contributed by atoms with Gasteiger partial charge >= 0.3 is 0 Å². The molecule has 8 heteroatoms. The van der Waals surface area contributed by atoms with Gasteiger partial charge in [0.1, 0.15) is 6.04 Å². The van der Waals surface area contributed by atoms with Gasteiger partial charge in [0.05, 0.1) is 15.5 Å². The highest BCUT2D eigenvalue weighted by atomic mass is 35.5. The second kappa shape index (κ2) is 7.61. The molecule has 7 nitrogen and oxygen atoms in total. The zero-order valence-electron chi connectivity index (χ0n) is 13.6. The van der Waals surface area contributed by atoms with Gasteiger partial charge < -0.3 is 10.2 Å². The topological polar surface area (TPSA) is 92.5 Å². The number of carbonyl (C=O) groups is 2. The highest BCUT2D eigenvalue weighted by molar-refractivity contribution is 6.34. The van der Waals surface area contributed by atoms with E-state index in [1.807, 2.05) is 6.92 Å². The number of hydrogen-bond acceptors (Lipinski definition) is 4. The molecule has 1 aliphatic rings. The summed E-state index contributed by atoms with van der Waals surface area (Å²) >= 11 is 5.95. The molecule has 1 saturated heterocycles. The van der Waals surface area contributed by atoms with E-state index in [-0.39, 0.29) is 28.2 Å². The lowest BCUT2D eigenvalue weighted by molar-refractivity contribution is -0.384. The predicted octanol–water partition coefficient (Wildman–Crippen LogP) is 2.77. The summed E-state index contributed by atoms with van der Waals surface area (Å²) in [5.74, 6) is -0.758. The Labute approximate surface area is 145 Å². The molecule has 2 rings (SSSR count). The van der Waals surface area contributed by atoms with E-state index in [1.165, 1.54) is 12.1 Å². The summed E-state index contributed by atoms with van der Waals surface area (Å²) < 4.78 is 0. The maximum atomic E-state index is 12.5. The number of nitro benzene ring substituents is 1. The van der Waals surface area contributed by atoms with Gasteiger partial charge in [0.15, 0.2) is 0 Å². The number of rotatable bonds is 4. The fourth-order valence-corrected chi connectivity index (χ4v) is 3.01. The first kappa shape index (κ1) is 18.2. The van der Waals surface area contributed by atoms with E-state index in [9.17, 15) is 19.7 Å². The van der Waals surface area contributed by atoms with E-state index >= 15 is 0 Å². The fraction of sp³-hybridized carbons (Fsp3) is 0.500. The molecule has 0 saturated carbocycles. The molecule has 0 radical (unpaired) electrons. The first-order valence-electron chi connectivity index (χ1n) is 7.86. The monoisotopic (exact) mass is 353 g/mol. The highest BCUT2D eigenvalue weighted by Gasteiger charge is 2.28. The molecule has 1 N–H and O–H groups in total. The van der Waals surface area contributed by atoms with Crippen molar-refractivity contribution in [3.63, 3.8) is 0 Å². The minimum atomic E-state index is -0.728. The average Bonchev–Trinajstić information content (AvgIpc) is 2.54. The van der Waals surface area contributed by atoms with Crippen LogP contribution in [-0.2, 0) is 4.79 Å². The van der Waals surface area contributed by atoms with Gasteiger partial charge in [-0.05, 0) is 39.2 Å². The summed E-state index contributed by atoms with van der Waals surface area (Å²) in [6.45, 7) is 4.27. The Bertz CT molecular complexity index is 665. The van der Waals surface area contributed by atoms with Crippen molar-refractivity contribution in [2.45, 2.75) is 45.2 Å². The molecule has 1 aromatic carbocycles. The van der Waals surface area contributed by atoms with Crippen molar-refractivity contribution in [3.05, 3.63) is 38.9 Å². The number of nitrogens with one attached hydrogen (secondary N) is 1. The van der Waals surface area contributed by atoms with Crippen LogP contribution >= 0.6 is 11.6 Å². The van der Waals surface area contributed by atoms with Gasteiger partial charge in [-0.2, -0.15) is 0 Å². The van der Waals surface area contributed by atoms with E-state index in [0.29, 0.717) is 6.54 Å². The average molecular weight is 354 g/mol. The zero-order valence-corrected chi connectivity index (χ0v) is 14.4. The molecule has 0 aliphatic carbocycles. The summed E-state index contributed by atoms with van der Waals surface area (Å²) in [6.07, 6.45) is 2.99. The van der Waals surface area contributed by atoms with Crippen molar-refractivity contribution in [3.8, 4) is 0 Å². The van der Waals surface area contributed by atoms with Gasteiger partial charge in [-0.3, -0.25) is 19.7 Å². The minimum absolute atomic E-state index is 0.0165. The van der Waals surface area contributed by atoms with Gasteiger partial charge in [0, 0.05) is 24.7 Å². The number of hydrogen-bond donors (Lipinski definition) is 1. The van der Waals surface area contributed by atoms with Crippen LogP contribution in [0.15, 0.2) is 18.2 Å². The van der Waals surface area contributed by atoms with Crippen molar-refractivity contribution in [2.24, 2.45) is 0 Å². The number of benzene rings is 1. The molecule has 0 bridgehead atoms. The van der Waals surface area contributed by atoms with Crippen LogP contribution in [-0.4, -0.2) is 40.3 Å². The predicted molar refractivity (Wildman–Crippen MR) is 90.1 cm³/mol. The lowest BCUT2D eigenvalue weighted by Crippen LogP contribution is -2.51. The Hall–Kier alpha value is -2.15. The van der Waals surface area contributed by atoms with Crippen LogP contribution < -0.4 is 5.32 Å². The number of carbonyl (C=O) groups excluding carboxylic acids is 2. The third kappa shape index (κ3) is 4.03. The molecule has 1 aliphatic heterocycles. The van der Waals surface area contributed by atoms with Crippen LogP contribution in [0.5, 0.6) is 0 Å². The minimum Gasteiger partial charge on any atom is -0.340 e. The molecule has 2 unspecified atom stereocenters. The molecule has 1 heterocycles. The van der Waals surface area contributed by atoms with Gasteiger partial charge in [-0.15, -0.1) is 0 Å². The molecule has 0 spiro atoms. The number of non-ortho nitro benzene ring substituents is 1. The molecular formula is C16H20ClN3O4. The largest absolute Gasteiger partial charge is 0.340 e. The summed E-state index contributed by atoms with van der Waals surface area (Å²) in [4.78, 5) is 36.8. The van der Waals surface area contributed by atoms with Gasteiger partial charge in [-0.1, -0.05) is 11.6 Å². The third-order valence-electron chi connectivity index (χ3n) is 4.21. The second-order valence-corrected chi connectivity index (χ2v) is 6.40. The number of nitro groups is 1. The number of nitrogens with zero attached hydrogens (tertiary/aromatic N) is 2. The van der Waals surface area contributed by atoms with Gasteiger partial charge in [0.25, 0.3) is 11.6 Å². The SMILES string of the molecule is CC(NC(=O)c1cc([N+](=O)[O-])ccc1Cl)C(=O)N1CCCCC1C. The summed E-state index contributed by atoms with van der Waals surface area (Å²) in [5, 5.41) is 13.5. The second-order valence-electron chi connectivity index (χ2n) is 5.99. The molecule has 2 atom stereocenters. The summed E-state index contributed by atoms with van der Waals surface area (Å²) in [6, 6.07) is 3.05. The van der Waals surface area contributed by atoms with E-state index < -0.39 is 16.9 Å². The van der Waals surface area contributed by atoms with Crippen LogP contribution in [0.4, 0.5) is 5.69 Å². The lowest BCUT2D eigenvalue weighted by atomic mass is 10.0. The van der Waals surface area contributed by atoms with Crippen molar-refractivity contribution in [2.75, 3.05) is 6.54 Å². The third-order valence-corrected chi connectivity index (χ3v) is 4.54. The smallest absolute Gasteiger partial charge is 0.270 e. The maximum Gasteiger partial charge on any atom is 0.270 e. The van der Waals surface area contributed by atoms with Crippen molar-refractivity contribution >= 4 is 29.1 Å². The molecule has 1 fully saturated rings. The van der Waals surface area contributed by atoms with Crippen LogP contribution in [0.25, 0.3) is 0 Å². The van der Waals surface area contributed by atoms with Crippen molar-refractivity contribution in [1.82, 2.24) is 10.2 Å². The lowest BCUT2D eigenvalue weighted by Gasteiger charge is -2.35. The Balaban J connectivity index is 2.09. The Kier molecular flexibility index (Phi) is 5.77. The molecule has 1 aromatic rings. The quantitative estimate of drug-likeness (QED) is 0.665. The zero-order chi connectivity index (χ0) is 17.9. The maximum absolute atomic E-state index is 12.5. The van der Waals surface area contributed by atoms with Gasteiger partial charge in [0.2, 0.25) is 5.91 Å². The first-order chi connectivity index (χ1) is 11.3. The van der Waals surface area contributed by atoms with Crippen molar-refractivity contribution in [1.29, 1.82) is 0 Å². The molecule has 24 heavy (non-hydrogen) atoms. The van der Waals surface area contributed by atoms with Crippen molar-refractivity contribution < 1.29 is 14.5 Å². The van der Waals surface area contributed by atoms with E-state index in [2.05, 4.69) is 5.32 Å². The van der Waals surface area contributed by atoms with Crippen LogP contribution in [0.2, 0.25) is 5.02 Å². The number of halogens is 1. The Morgan fingerprint density at radius 3 is 2.75 bits per heavy atom. The highest BCUT2D eigenvalue weighted by Crippen LogP contribution is 2.22. The number of likely N-dealkylation sites (tertiary alicyclic amines) is 1. The standard InChI is InChI=1S/C16H20ClN3O4/c1-10-5-3-4-8-19(10)16(22)11(2)18-15(21)13-9-12(20(23)24)6-7-14(13)17/h6-7,9-11H,3-5,8H2,1-2H3,(H,18,21). The van der Waals surface area contributed by atoms with E-state index in [1.54, 1.807) is 11.8 Å². The van der Waals surface area contributed by atoms with Crippen LogP contribution in [0, 0.1) is 10.1 Å². The normalized spacial score (nSPS) is 18.8. The van der Waals surface area contributed by atoms with Gasteiger partial charge in [-0.25, -0.2) is 0 Å². The van der Waals surface area contributed by atoms with E-state index in [4.69, 9.17) is 11.6 Å². The molecule has 130 valence electrons. The van der Waals surface area contributed by atoms with Crippen LogP contribution in [0.1, 0.15) is 43.5 Å². The summed E-state index contributed by atoms with van der Waals surface area (Å²) in [7, 11) is 0. The first-order valence-corrected chi connectivity index (χ1v) is 8.24. The Morgan fingerprint density at radius 1 is 1.42 bits per heavy atom. The van der Waals surface area contributed by atoms with Crippen LogP contribution in [0.3, 0.4) is 0 Å². The Morgan fingerprint density at radius 2 is 2.12 bits per heavy atom. The number of amides is 2. The number of piperidine rings is 1.